The summed E-state index contributed by atoms with van der Waals surface area (Å²) >= 11 is 0. The van der Waals surface area contributed by atoms with E-state index in [0.717, 1.165) is 22.6 Å². The van der Waals surface area contributed by atoms with E-state index in [1.54, 1.807) is 14.2 Å². The number of nitrogens with zero attached hydrogens (tertiary/aromatic N) is 1. The van der Waals surface area contributed by atoms with Gasteiger partial charge in [-0.05, 0) is 54.6 Å². The largest absolute Gasteiger partial charge is 0.497 e. The molecule has 0 saturated carbocycles. The third-order valence-electron chi connectivity index (χ3n) is 4.70. The van der Waals surface area contributed by atoms with Crippen LogP contribution in [0.3, 0.4) is 0 Å². The van der Waals surface area contributed by atoms with Crippen molar-refractivity contribution in [3.05, 3.63) is 83.9 Å². The second-order valence-electron chi connectivity index (χ2n) is 7.21. The lowest BCUT2D eigenvalue weighted by Gasteiger charge is -2.18. The molecule has 162 valence electrons. The normalized spacial score (nSPS) is 10.6. The molecule has 3 aromatic rings. The van der Waals surface area contributed by atoms with Crippen molar-refractivity contribution in [2.75, 3.05) is 33.1 Å². The van der Waals surface area contributed by atoms with Crippen molar-refractivity contribution in [3.63, 3.8) is 0 Å². The van der Waals surface area contributed by atoms with Crippen molar-refractivity contribution >= 4 is 11.6 Å². The predicted molar refractivity (Wildman–Crippen MR) is 122 cm³/mol. The molecule has 0 saturated heterocycles. The highest BCUT2D eigenvalue weighted by atomic mass is 16.5. The van der Waals surface area contributed by atoms with Crippen molar-refractivity contribution < 1.29 is 19.0 Å². The van der Waals surface area contributed by atoms with Gasteiger partial charge >= 0.3 is 0 Å². The van der Waals surface area contributed by atoms with Crippen LogP contribution in [0.5, 0.6) is 17.2 Å². The number of anilines is 1. The number of amides is 1. The van der Waals surface area contributed by atoms with Crippen LogP contribution in [0.2, 0.25) is 0 Å². The Morgan fingerprint density at radius 3 is 2.29 bits per heavy atom. The van der Waals surface area contributed by atoms with Gasteiger partial charge in [-0.15, -0.1) is 0 Å². The second kappa shape index (κ2) is 11.0. The standard InChI is InChI=1S/C25H28N2O4/c1-27(17-25(28)26-21-10-12-22(29-2)13-11-21)16-20-9-14-23(24(15-20)30-3)31-18-19-7-5-4-6-8-19/h4-15H,16-18H2,1-3H3,(H,26,28). The Bertz CT molecular complexity index is 975. The molecule has 0 aliphatic rings. The van der Waals surface area contributed by atoms with Crippen LogP contribution >= 0.6 is 0 Å². The Morgan fingerprint density at radius 2 is 1.61 bits per heavy atom. The zero-order chi connectivity index (χ0) is 22.1. The SMILES string of the molecule is COc1ccc(NC(=O)CN(C)Cc2ccc(OCc3ccccc3)c(OC)c2)cc1. The number of benzene rings is 3. The highest BCUT2D eigenvalue weighted by Gasteiger charge is 2.11. The van der Waals surface area contributed by atoms with Gasteiger partial charge in [0.1, 0.15) is 12.4 Å². The van der Waals surface area contributed by atoms with Gasteiger partial charge in [-0.2, -0.15) is 0 Å². The Hall–Kier alpha value is -3.51. The lowest BCUT2D eigenvalue weighted by molar-refractivity contribution is -0.117. The van der Waals surface area contributed by atoms with Crippen LogP contribution < -0.4 is 19.5 Å². The van der Waals surface area contributed by atoms with E-state index in [1.165, 1.54) is 0 Å². The number of carbonyl (C=O) groups is 1. The monoisotopic (exact) mass is 420 g/mol. The van der Waals surface area contributed by atoms with Crippen LogP contribution in [0.1, 0.15) is 11.1 Å². The van der Waals surface area contributed by atoms with E-state index >= 15 is 0 Å². The summed E-state index contributed by atoms with van der Waals surface area (Å²) in [7, 11) is 5.14. The second-order valence-corrected chi connectivity index (χ2v) is 7.21. The lowest BCUT2D eigenvalue weighted by Crippen LogP contribution is -2.29. The fourth-order valence-electron chi connectivity index (χ4n) is 3.15. The van der Waals surface area contributed by atoms with E-state index in [2.05, 4.69) is 5.32 Å². The fraction of sp³-hybridized carbons (Fsp3) is 0.240. The van der Waals surface area contributed by atoms with Gasteiger partial charge in [0.2, 0.25) is 5.91 Å². The van der Waals surface area contributed by atoms with Crippen molar-refractivity contribution in [1.29, 1.82) is 0 Å². The molecule has 0 heterocycles. The average molecular weight is 421 g/mol. The summed E-state index contributed by atoms with van der Waals surface area (Å²) in [6, 6.07) is 23.1. The summed E-state index contributed by atoms with van der Waals surface area (Å²) in [5.41, 5.74) is 2.86. The molecule has 0 atom stereocenters. The first-order valence-electron chi connectivity index (χ1n) is 10.0. The van der Waals surface area contributed by atoms with Crippen molar-refractivity contribution in [2.45, 2.75) is 13.2 Å². The Balaban J connectivity index is 1.53. The van der Waals surface area contributed by atoms with Gasteiger partial charge in [0, 0.05) is 12.2 Å². The molecule has 0 aliphatic heterocycles. The van der Waals surface area contributed by atoms with Crippen LogP contribution in [0.15, 0.2) is 72.8 Å². The van der Waals surface area contributed by atoms with Gasteiger partial charge in [-0.1, -0.05) is 36.4 Å². The number of hydrogen-bond donors (Lipinski definition) is 1. The van der Waals surface area contributed by atoms with Crippen LogP contribution in [-0.2, 0) is 17.9 Å². The zero-order valence-corrected chi connectivity index (χ0v) is 18.1. The van der Waals surface area contributed by atoms with Gasteiger partial charge in [0.05, 0.1) is 20.8 Å². The van der Waals surface area contributed by atoms with Crippen molar-refractivity contribution in [1.82, 2.24) is 4.90 Å². The molecule has 0 aromatic heterocycles. The van der Waals surface area contributed by atoms with E-state index in [4.69, 9.17) is 14.2 Å². The lowest BCUT2D eigenvalue weighted by atomic mass is 10.2. The molecule has 0 unspecified atom stereocenters. The van der Waals surface area contributed by atoms with E-state index in [1.807, 2.05) is 84.7 Å². The number of hydrogen-bond acceptors (Lipinski definition) is 5. The summed E-state index contributed by atoms with van der Waals surface area (Å²) in [5, 5.41) is 2.89. The molecular weight excluding hydrogens is 392 g/mol. The van der Waals surface area contributed by atoms with Crippen LogP contribution in [0, 0.1) is 0 Å². The quantitative estimate of drug-likeness (QED) is 0.528. The first-order chi connectivity index (χ1) is 15.1. The molecule has 1 amide bonds. The zero-order valence-electron chi connectivity index (χ0n) is 18.1. The molecule has 31 heavy (non-hydrogen) atoms. The minimum absolute atomic E-state index is 0.0811. The Morgan fingerprint density at radius 1 is 0.871 bits per heavy atom. The smallest absolute Gasteiger partial charge is 0.238 e. The molecule has 0 bridgehead atoms. The third kappa shape index (κ3) is 6.76. The number of nitrogens with one attached hydrogen (secondary N) is 1. The maximum atomic E-state index is 12.3. The minimum Gasteiger partial charge on any atom is -0.497 e. The summed E-state index contributed by atoms with van der Waals surface area (Å²) in [6.07, 6.45) is 0. The molecule has 3 rings (SSSR count). The number of methoxy groups -OCH3 is 2. The maximum Gasteiger partial charge on any atom is 0.238 e. The number of rotatable bonds is 10. The molecule has 1 N–H and O–H groups in total. The Labute approximate surface area is 183 Å². The van der Waals surface area contributed by atoms with Crippen LogP contribution in [0.4, 0.5) is 5.69 Å². The maximum absolute atomic E-state index is 12.3. The first-order valence-corrected chi connectivity index (χ1v) is 10.0. The molecule has 3 aromatic carbocycles. The molecule has 0 radical (unpaired) electrons. The predicted octanol–water partition coefficient (Wildman–Crippen LogP) is 4.35. The van der Waals surface area contributed by atoms with E-state index in [9.17, 15) is 4.79 Å². The summed E-state index contributed by atoms with van der Waals surface area (Å²) in [4.78, 5) is 14.3. The highest BCUT2D eigenvalue weighted by molar-refractivity contribution is 5.92. The van der Waals surface area contributed by atoms with Gasteiger partial charge in [-0.3, -0.25) is 9.69 Å². The van der Waals surface area contributed by atoms with E-state index in [-0.39, 0.29) is 12.5 Å². The molecule has 6 nitrogen and oxygen atoms in total. The minimum atomic E-state index is -0.0811. The van der Waals surface area contributed by atoms with Crippen molar-refractivity contribution in [3.8, 4) is 17.2 Å². The Kier molecular flexibility index (Phi) is 7.90. The summed E-state index contributed by atoms with van der Waals surface area (Å²) in [6.45, 7) is 1.34. The van der Waals surface area contributed by atoms with Crippen LogP contribution in [-0.4, -0.2) is 38.6 Å². The highest BCUT2D eigenvalue weighted by Crippen LogP contribution is 2.29. The van der Waals surface area contributed by atoms with Crippen LogP contribution in [0.25, 0.3) is 0 Å². The molecule has 6 heteroatoms. The summed E-state index contributed by atoms with van der Waals surface area (Å²) < 4.78 is 16.5. The average Bonchev–Trinajstić information content (AvgIpc) is 2.79. The molecule has 0 fully saturated rings. The van der Waals surface area contributed by atoms with E-state index in [0.29, 0.717) is 24.7 Å². The number of ether oxygens (including phenoxy) is 3. The fourth-order valence-corrected chi connectivity index (χ4v) is 3.15. The van der Waals surface area contributed by atoms with Gasteiger partial charge in [-0.25, -0.2) is 0 Å². The van der Waals surface area contributed by atoms with Crippen molar-refractivity contribution in [2.24, 2.45) is 0 Å². The van der Waals surface area contributed by atoms with Gasteiger partial charge < -0.3 is 19.5 Å². The van der Waals surface area contributed by atoms with E-state index < -0.39 is 0 Å². The molecule has 0 aliphatic carbocycles. The molecule has 0 spiro atoms. The number of carbonyl (C=O) groups excluding carboxylic acids is 1. The summed E-state index contributed by atoms with van der Waals surface area (Å²) in [5.74, 6) is 2.03. The van der Waals surface area contributed by atoms with Gasteiger partial charge in [0.15, 0.2) is 11.5 Å². The first kappa shape index (κ1) is 22.2. The molecular formula is C25H28N2O4. The topological polar surface area (TPSA) is 60.0 Å². The number of likely N-dealkylation sites (N-methyl/N-ethyl adjacent to an activating group) is 1. The van der Waals surface area contributed by atoms with Gasteiger partial charge in [0.25, 0.3) is 0 Å². The third-order valence-corrected chi connectivity index (χ3v) is 4.70.